The summed E-state index contributed by atoms with van der Waals surface area (Å²) < 4.78 is 22.4. The highest BCUT2D eigenvalue weighted by Gasteiger charge is 2.45. The number of fused-ring (bicyclic) bond motifs is 1. The molecule has 26 heavy (non-hydrogen) atoms. The minimum atomic E-state index is -2.19. The van der Waals surface area contributed by atoms with Crippen molar-refractivity contribution >= 4 is 25.4 Å². The molecule has 0 aromatic carbocycles. The molecule has 0 radical (unpaired) electrons. The predicted octanol–water partition coefficient (Wildman–Crippen LogP) is 1.37. The van der Waals surface area contributed by atoms with E-state index in [1.54, 1.807) is 4.57 Å². The lowest BCUT2D eigenvalue weighted by Crippen LogP contribution is -2.46. The van der Waals surface area contributed by atoms with Gasteiger partial charge in [0.1, 0.15) is 12.3 Å². The molecule has 0 amide bonds. The van der Waals surface area contributed by atoms with Crippen LogP contribution in [0, 0.1) is 0 Å². The van der Waals surface area contributed by atoms with Gasteiger partial charge in [-0.3, -0.25) is 14.3 Å². The molecule has 0 unspecified atom stereocenters. The van der Waals surface area contributed by atoms with Gasteiger partial charge in [-0.05, 0) is 18.1 Å². The molecule has 10 heteroatoms. The van der Waals surface area contributed by atoms with Crippen molar-refractivity contribution in [2.45, 2.75) is 63.7 Å². The zero-order chi connectivity index (χ0) is 20.2. The molecule has 1 aliphatic rings. The van der Waals surface area contributed by atoms with Crippen LogP contribution in [0.15, 0.2) is 11.1 Å². The fraction of sp³-hybridized carbons (Fsp3) is 0.688. The van der Waals surface area contributed by atoms with Gasteiger partial charge < -0.3 is 20.0 Å². The van der Waals surface area contributed by atoms with Gasteiger partial charge in [-0.1, -0.05) is 20.8 Å². The van der Waals surface area contributed by atoms with Gasteiger partial charge in [0, 0.05) is 6.42 Å². The van der Waals surface area contributed by atoms with E-state index in [0.717, 1.165) is 0 Å². The van der Waals surface area contributed by atoms with Gasteiger partial charge in [0.25, 0.3) is 5.56 Å². The van der Waals surface area contributed by atoms with Crippen molar-refractivity contribution in [3.8, 4) is 0 Å². The topological polar surface area (TPSA) is 128 Å². The molecule has 2 aromatic rings. The minimum Gasteiger partial charge on any atom is -0.411 e. The van der Waals surface area contributed by atoms with Crippen LogP contribution >= 0.6 is 0 Å². The number of rotatable bonds is 4. The number of imidazole rings is 1. The number of hydrogen-bond acceptors (Lipinski definition) is 7. The van der Waals surface area contributed by atoms with Crippen LogP contribution in [0.4, 0.5) is 5.95 Å². The van der Waals surface area contributed by atoms with Gasteiger partial charge >= 0.3 is 0 Å². The first-order valence-electron chi connectivity index (χ1n) is 9.07. The second-order valence-corrected chi connectivity index (χ2v) is 12.8. The molecule has 1 aliphatic heterocycles. The van der Waals surface area contributed by atoms with Crippen molar-refractivity contribution in [3.05, 3.63) is 16.7 Å². The quantitative estimate of drug-likeness (QED) is 0.681. The molecule has 0 bridgehead atoms. The summed E-state index contributed by atoms with van der Waals surface area (Å²) in [6.45, 7) is 10.0. The number of nitrogen functional groups attached to an aromatic ring is 1. The van der Waals surface area contributed by atoms with Crippen LogP contribution in [-0.2, 0) is 9.16 Å². The van der Waals surface area contributed by atoms with Crippen molar-refractivity contribution in [1.82, 2.24) is 19.5 Å². The first kappa shape index (κ1) is 17.7. The van der Waals surface area contributed by atoms with Gasteiger partial charge in [0.2, 0.25) is 5.95 Å². The van der Waals surface area contributed by atoms with E-state index in [0.29, 0.717) is 6.42 Å². The Kier molecular flexibility index (Phi) is 4.38. The van der Waals surface area contributed by atoms with Crippen LogP contribution in [0.3, 0.4) is 0 Å². The van der Waals surface area contributed by atoms with Crippen molar-refractivity contribution in [2.75, 3.05) is 12.3 Å². The van der Waals surface area contributed by atoms with Gasteiger partial charge in [-0.15, -0.1) is 0 Å². The van der Waals surface area contributed by atoms with Crippen molar-refractivity contribution in [1.29, 1.82) is 0 Å². The molecule has 0 aliphatic carbocycles. The predicted molar refractivity (Wildman–Crippen MR) is 100 cm³/mol. The van der Waals surface area contributed by atoms with E-state index < -0.39 is 38.9 Å². The molecule has 3 heterocycles. The Balaban J connectivity index is 1.95. The highest BCUT2D eigenvalue weighted by atomic mass is 28.4. The Morgan fingerprint density at radius 3 is 2.88 bits per heavy atom. The summed E-state index contributed by atoms with van der Waals surface area (Å²) in [6.07, 6.45) is -1.11. The molecule has 9 nitrogen and oxygen atoms in total. The number of hydrogen-bond donors (Lipinski definition) is 3. The summed E-state index contributed by atoms with van der Waals surface area (Å²) >= 11 is 0. The molecule has 3 atom stereocenters. The summed E-state index contributed by atoms with van der Waals surface area (Å²) in [4.78, 5) is 22.6. The second kappa shape index (κ2) is 6.45. The van der Waals surface area contributed by atoms with Gasteiger partial charge in [0.15, 0.2) is 19.5 Å². The molecule has 2 aromatic heterocycles. The maximum atomic E-state index is 12.0. The van der Waals surface area contributed by atoms with E-state index >= 15 is 0 Å². The highest BCUT2D eigenvalue weighted by Crippen LogP contribution is 2.41. The van der Waals surface area contributed by atoms with Crippen LogP contribution in [0.1, 0.15) is 34.8 Å². The number of nitrogens with two attached hydrogens (primary N) is 1. The number of anilines is 1. The van der Waals surface area contributed by atoms with Crippen LogP contribution in [0.5, 0.6) is 0 Å². The SMILES string of the molecule is [2H][C@]1(CO)O[C@@H](n2cnc3c(=O)[nH]c(N)nc32)C[C@@H]1O[Si](C)(C)C(C)(C)C. The standard InChI is InChI=1S/C16H27N5O4Si/c1-16(2,3)26(4,5)25-9-6-11(24-10(9)7-22)21-8-18-12-13(21)19-15(17)20-14(12)23/h8-11,22H,6-7H2,1-5H3,(H3,17,19,20,23)/t9-,10+,11+/m0/s1/i10D. The third kappa shape index (κ3) is 3.29. The lowest BCUT2D eigenvalue weighted by atomic mass is 10.2. The second-order valence-electron chi connectivity index (χ2n) is 8.07. The van der Waals surface area contributed by atoms with E-state index in [1.165, 1.54) is 6.33 Å². The average Bonchev–Trinajstić information content (AvgIpc) is 3.08. The van der Waals surface area contributed by atoms with E-state index in [1.807, 2.05) is 0 Å². The highest BCUT2D eigenvalue weighted by molar-refractivity contribution is 6.74. The molecule has 4 N–H and O–H groups in total. The smallest absolute Gasteiger partial charge is 0.280 e. The summed E-state index contributed by atoms with van der Waals surface area (Å²) in [5, 5.41) is 9.77. The number of nitrogens with zero attached hydrogens (tertiary/aromatic N) is 3. The summed E-state index contributed by atoms with van der Waals surface area (Å²) in [5.74, 6) is -0.0272. The summed E-state index contributed by atoms with van der Waals surface area (Å²) in [7, 11) is -2.19. The third-order valence-corrected chi connectivity index (χ3v) is 9.71. The molecule has 3 rings (SSSR count). The Morgan fingerprint density at radius 1 is 1.58 bits per heavy atom. The van der Waals surface area contributed by atoms with Gasteiger partial charge in [0.05, 0.1) is 20.4 Å². The van der Waals surface area contributed by atoms with Crippen LogP contribution < -0.4 is 11.3 Å². The van der Waals surface area contributed by atoms with Gasteiger partial charge in [-0.25, -0.2) is 4.98 Å². The first-order chi connectivity index (χ1) is 12.4. The largest absolute Gasteiger partial charge is 0.411 e. The zero-order valence-corrected chi connectivity index (χ0v) is 16.7. The third-order valence-electron chi connectivity index (χ3n) is 5.22. The number of aliphatic hydroxyl groups excluding tert-OH is 1. The summed E-state index contributed by atoms with van der Waals surface area (Å²) in [5.41, 5.74) is 5.62. The number of aromatic amines is 1. The van der Waals surface area contributed by atoms with Crippen LogP contribution in [0.25, 0.3) is 11.2 Å². The van der Waals surface area contributed by atoms with Gasteiger partial charge in [-0.2, -0.15) is 4.98 Å². The number of nitrogens with one attached hydrogen (secondary N) is 1. The molecular formula is C16H27N5O4Si. The number of aliphatic hydroxyl groups is 1. The lowest BCUT2D eigenvalue weighted by Gasteiger charge is -2.39. The normalized spacial score (nSPS) is 27.8. The van der Waals surface area contributed by atoms with Crippen molar-refractivity contribution in [3.63, 3.8) is 0 Å². The number of aromatic nitrogens is 4. The van der Waals surface area contributed by atoms with Crippen molar-refractivity contribution < 1.29 is 15.6 Å². The van der Waals surface area contributed by atoms with Crippen molar-refractivity contribution in [2.24, 2.45) is 0 Å². The van der Waals surface area contributed by atoms with E-state index in [9.17, 15) is 9.90 Å². The minimum absolute atomic E-state index is 0.0272. The molecule has 0 saturated carbocycles. The Bertz CT molecular complexity index is 908. The maximum absolute atomic E-state index is 12.0. The molecule has 1 saturated heterocycles. The van der Waals surface area contributed by atoms with Crippen LogP contribution in [0.2, 0.25) is 18.1 Å². The molecule has 144 valence electrons. The Labute approximate surface area is 154 Å². The fourth-order valence-corrected chi connectivity index (χ4v) is 4.02. The Morgan fingerprint density at radius 2 is 2.27 bits per heavy atom. The maximum Gasteiger partial charge on any atom is 0.280 e. The van der Waals surface area contributed by atoms with E-state index in [-0.39, 0.29) is 22.2 Å². The first-order valence-corrected chi connectivity index (χ1v) is 11.5. The van der Waals surface area contributed by atoms with Crippen LogP contribution in [-0.4, -0.2) is 51.7 Å². The average molecular weight is 383 g/mol. The summed E-state index contributed by atoms with van der Waals surface area (Å²) in [6, 6.07) is 0. The van der Waals surface area contributed by atoms with E-state index in [4.69, 9.17) is 16.3 Å². The molecule has 0 spiro atoms. The number of ether oxygens (including phenoxy) is 1. The number of H-pyrrole nitrogens is 1. The zero-order valence-electron chi connectivity index (χ0n) is 16.7. The molecular weight excluding hydrogens is 354 g/mol. The lowest BCUT2D eigenvalue weighted by molar-refractivity contribution is -0.0410. The fourth-order valence-electron chi connectivity index (χ4n) is 2.72. The van der Waals surface area contributed by atoms with E-state index in [2.05, 4.69) is 48.8 Å². The Hall–Kier alpha value is -1.75. The molecule has 1 fully saturated rings. The monoisotopic (exact) mass is 382 g/mol.